The van der Waals surface area contributed by atoms with Crippen LogP contribution in [0.2, 0.25) is 0 Å². The summed E-state index contributed by atoms with van der Waals surface area (Å²) < 4.78 is 4.83. The summed E-state index contributed by atoms with van der Waals surface area (Å²) in [5, 5.41) is 0. The highest BCUT2D eigenvalue weighted by Gasteiger charge is 2.05. The zero-order valence-electron chi connectivity index (χ0n) is 9.00. The molecule has 0 aliphatic carbocycles. The molecule has 0 fully saturated rings. The van der Waals surface area contributed by atoms with Crippen LogP contribution in [0.25, 0.3) is 0 Å². The Bertz CT molecular complexity index is 169. The number of unbranched alkanes of at least 4 members (excludes halogenated alkanes) is 4. The highest BCUT2D eigenvalue weighted by molar-refractivity contribution is 5.81. The van der Waals surface area contributed by atoms with Crippen molar-refractivity contribution in [3.05, 3.63) is 12.7 Å². The van der Waals surface area contributed by atoms with Crippen LogP contribution in [0.3, 0.4) is 0 Å². The Balaban J connectivity index is 3.30. The number of ether oxygens (including phenoxy) is 1. The largest absolute Gasteiger partial charge is 0.444 e. The minimum Gasteiger partial charge on any atom is -0.444 e. The minimum atomic E-state index is -0.470. The Morgan fingerprint density at radius 2 is 2.07 bits per heavy atom. The van der Waals surface area contributed by atoms with Gasteiger partial charge in [-0.25, -0.2) is 4.79 Å². The van der Waals surface area contributed by atoms with Gasteiger partial charge < -0.3 is 4.74 Å². The summed E-state index contributed by atoms with van der Waals surface area (Å²) in [6, 6.07) is 0. The van der Waals surface area contributed by atoms with Gasteiger partial charge in [0.15, 0.2) is 6.23 Å². The zero-order valence-corrected chi connectivity index (χ0v) is 9.00. The first-order chi connectivity index (χ1) is 6.70. The average Bonchev–Trinajstić information content (AvgIpc) is 2.17. The summed E-state index contributed by atoms with van der Waals surface area (Å²) in [6.07, 6.45) is 7.32. The topological polar surface area (TPSA) is 52.3 Å². The Kier molecular flexibility index (Phi) is 8.24. The van der Waals surface area contributed by atoms with Crippen molar-refractivity contribution < 1.29 is 9.53 Å². The number of carbonyl (C=O) groups is 1. The van der Waals surface area contributed by atoms with E-state index in [2.05, 4.69) is 13.5 Å². The van der Waals surface area contributed by atoms with E-state index in [1.54, 1.807) is 0 Å². The Morgan fingerprint density at radius 1 is 1.43 bits per heavy atom. The molecule has 82 valence electrons. The number of esters is 1. The molecule has 3 nitrogen and oxygen atoms in total. The van der Waals surface area contributed by atoms with Crippen molar-refractivity contribution in [3.63, 3.8) is 0 Å². The van der Waals surface area contributed by atoms with Crippen molar-refractivity contribution in [1.29, 1.82) is 0 Å². The van der Waals surface area contributed by atoms with Gasteiger partial charge in [0.1, 0.15) is 0 Å². The number of hydrogen-bond donors (Lipinski definition) is 1. The van der Waals surface area contributed by atoms with Crippen LogP contribution in [0.5, 0.6) is 0 Å². The molecule has 0 aliphatic heterocycles. The van der Waals surface area contributed by atoms with Gasteiger partial charge in [0.25, 0.3) is 0 Å². The summed E-state index contributed by atoms with van der Waals surface area (Å²) in [7, 11) is 0. The molecule has 1 unspecified atom stereocenters. The zero-order chi connectivity index (χ0) is 10.8. The fourth-order valence-electron chi connectivity index (χ4n) is 1.21. The molecule has 0 aromatic carbocycles. The Labute approximate surface area is 86.3 Å². The molecule has 1 atom stereocenters. The van der Waals surface area contributed by atoms with Crippen molar-refractivity contribution >= 4 is 5.97 Å². The van der Waals surface area contributed by atoms with E-state index in [9.17, 15) is 4.79 Å². The lowest BCUT2D eigenvalue weighted by molar-refractivity contribution is -0.143. The molecule has 0 aromatic rings. The summed E-state index contributed by atoms with van der Waals surface area (Å²) in [5.41, 5.74) is 5.57. The van der Waals surface area contributed by atoms with Gasteiger partial charge in [-0.2, -0.15) is 0 Å². The molecule has 0 saturated carbocycles. The van der Waals surface area contributed by atoms with Crippen LogP contribution in [0.15, 0.2) is 12.7 Å². The lowest BCUT2D eigenvalue weighted by Gasteiger charge is -2.10. The van der Waals surface area contributed by atoms with Crippen LogP contribution >= 0.6 is 0 Å². The molecule has 0 bridgehead atoms. The highest BCUT2D eigenvalue weighted by Crippen LogP contribution is 2.06. The average molecular weight is 199 g/mol. The van der Waals surface area contributed by atoms with Gasteiger partial charge in [-0.1, -0.05) is 39.2 Å². The Hall–Kier alpha value is -0.830. The van der Waals surface area contributed by atoms with Gasteiger partial charge in [0.2, 0.25) is 0 Å². The van der Waals surface area contributed by atoms with Crippen LogP contribution in [-0.4, -0.2) is 12.2 Å². The lowest BCUT2D eigenvalue weighted by atomic mass is 10.1. The predicted octanol–water partition coefficient (Wildman–Crippen LogP) is 2.36. The maximum Gasteiger partial charge on any atom is 0.331 e. The molecule has 0 saturated heterocycles. The fourth-order valence-corrected chi connectivity index (χ4v) is 1.21. The van der Waals surface area contributed by atoms with E-state index in [0.29, 0.717) is 0 Å². The van der Waals surface area contributed by atoms with Crippen LogP contribution in [0, 0.1) is 0 Å². The molecule has 14 heavy (non-hydrogen) atoms. The van der Waals surface area contributed by atoms with Gasteiger partial charge >= 0.3 is 5.97 Å². The monoisotopic (exact) mass is 199 g/mol. The van der Waals surface area contributed by atoms with Crippen molar-refractivity contribution in [3.8, 4) is 0 Å². The second-order valence-corrected chi connectivity index (χ2v) is 3.38. The molecule has 0 amide bonds. The minimum absolute atomic E-state index is 0.439. The fraction of sp³-hybridized carbons (Fsp3) is 0.727. The second kappa shape index (κ2) is 8.75. The number of hydrogen-bond acceptors (Lipinski definition) is 3. The summed E-state index contributed by atoms with van der Waals surface area (Å²) in [4.78, 5) is 10.7. The van der Waals surface area contributed by atoms with E-state index >= 15 is 0 Å². The summed E-state index contributed by atoms with van der Waals surface area (Å²) >= 11 is 0. The molecule has 0 aliphatic rings. The first-order valence-electron chi connectivity index (χ1n) is 5.29. The standard InChI is InChI=1S/C11H21NO2/c1-3-5-6-7-8-9-10(12)14-11(13)4-2/h4,10H,2-3,5-9,12H2,1H3. The van der Waals surface area contributed by atoms with Gasteiger partial charge in [0, 0.05) is 6.08 Å². The molecule has 0 rings (SSSR count). The van der Waals surface area contributed by atoms with Crippen LogP contribution in [0.1, 0.15) is 45.4 Å². The third-order valence-electron chi connectivity index (χ3n) is 2.03. The first-order valence-corrected chi connectivity index (χ1v) is 5.29. The summed E-state index contributed by atoms with van der Waals surface area (Å²) in [5.74, 6) is -0.439. The molecule has 2 N–H and O–H groups in total. The Morgan fingerprint density at radius 3 is 2.64 bits per heavy atom. The van der Waals surface area contributed by atoms with Gasteiger partial charge in [-0.05, 0) is 12.8 Å². The van der Waals surface area contributed by atoms with E-state index in [1.165, 1.54) is 19.3 Å². The number of carbonyl (C=O) groups excluding carboxylic acids is 1. The molecule has 0 radical (unpaired) electrons. The highest BCUT2D eigenvalue weighted by atomic mass is 16.6. The van der Waals surface area contributed by atoms with Gasteiger partial charge in [0.05, 0.1) is 0 Å². The van der Waals surface area contributed by atoms with Crippen molar-refractivity contribution in [2.45, 2.75) is 51.7 Å². The van der Waals surface area contributed by atoms with Crippen molar-refractivity contribution in [1.82, 2.24) is 0 Å². The molecule has 0 heterocycles. The summed E-state index contributed by atoms with van der Waals surface area (Å²) in [6.45, 7) is 5.48. The predicted molar refractivity (Wildman–Crippen MR) is 57.6 cm³/mol. The maximum absolute atomic E-state index is 10.7. The van der Waals surface area contributed by atoms with Crippen LogP contribution in [0.4, 0.5) is 0 Å². The van der Waals surface area contributed by atoms with E-state index in [4.69, 9.17) is 10.5 Å². The van der Waals surface area contributed by atoms with E-state index < -0.39 is 12.2 Å². The first kappa shape index (κ1) is 13.2. The molecule has 0 spiro atoms. The molecular weight excluding hydrogens is 178 g/mol. The quantitative estimate of drug-likeness (QED) is 0.282. The second-order valence-electron chi connectivity index (χ2n) is 3.38. The van der Waals surface area contributed by atoms with Crippen LogP contribution in [-0.2, 0) is 9.53 Å². The normalized spacial score (nSPS) is 12.1. The van der Waals surface area contributed by atoms with E-state index in [1.807, 2.05) is 0 Å². The van der Waals surface area contributed by atoms with Gasteiger partial charge in [-0.3, -0.25) is 5.73 Å². The van der Waals surface area contributed by atoms with E-state index in [0.717, 1.165) is 25.3 Å². The van der Waals surface area contributed by atoms with Crippen molar-refractivity contribution in [2.24, 2.45) is 5.73 Å². The number of rotatable bonds is 8. The molecular formula is C11H21NO2. The van der Waals surface area contributed by atoms with Crippen LogP contribution < -0.4 is 5.73 Å². The van der Waals surface area contributed by atoms with Gasteiger partial charge in [-0.15, -0.1) is 0 Å². The SMILES string of the molecule is C=CC(=O)OC(N)CCCCCCC. The molecule has 3 heteroatoms. The van der Waals surface area contributed by atoms with E-state index in [-0.39, 0.29) is 0 Å². The third-order valence-corrected chi connectivity index (χ3v) is 2.03. The number of nitrogens with two attached hydrogens (primary N) is 1. The molecule has 0 aromatic heterocycles. The maximum atomic E-state index is 10.7. The van der Waals surface area contributed by atoms with Crippen molar-refractivity contribution in [2.75, 3.05) is 0 Å². The smallest absolute Gasteiger partial charge is 0.331 e. The lowest BCUT2D eigenvalue weighted by Crippen LogP contribution is -2.26. The third kappa shape index (κ3) is 7.80.